The number of pyridine rings is 2. The SMILES string of the molecule is C=N.Cc1c(Nc2nccc3cc(CN4CC[C@@H](O)C4)cnc23)cccc1-c1cccc(-c2nc3cc(C=O)cc(C#N)c3o2)c1C. The van der Waals surface area contributed by atoms with E-state index in [1.54, 1.807) is 12.3 Å². The topological polar surface area (TPSA) is 152 Å². The van der Waals surface area contributed by atoms with Gasteiger partial charge in [-0.15, -0.1) is 0 Å². The number of aldehydes is 1. The predicted octanol–water partition coefficient (Wildman–Crippen LogP) is 6.98. The molecule has 47 heavy (non-hydrogen) atoms. The summed E-state index contributed by atoms with van der Waals surface area (Å²) in [5.74, 6) is 1.07. The van der Waals surface area contributed by atoms with Gasteiger partial charge in [-0.3, -0.25) is 14.7 Å². The molecule has 6 aromatic rings. The van der Waals surface area contributed by atoms with Crippen molar-refractivity contribution in [2.45, 2.75) is 32.9 Å². The van der Waals surface area contributed by atoms with E-state index in [4.69, 9.17) is 14.8 Å². The van der Waals surface area contributed by atoms with Crippen molar-refractivity contribution >= 4 is 46.5 Å². The standard InChI is InChI=1S/C36H30N6O3.CH3N/c1-21-28(5-3-7-30(21)36-41-32-15-23(20-43)13-26(16-37)34(32)45-36)29-6-4-8-31(22(29)2)40-35-33-25(9-11-38-35)14-24(17-39-33)18-42-12-10-27(44)19-42;1-2/h3-9,11,13-15,17,20,27,44H,10,12,18-19H2,1-2H3,(H,38,40);2H,1H2/t27-;/m1./s1. The van der Waals surface area contributed by atoms with Gasteiger partial charge in [-0.2, -0.15) is 5.26 Å². The van der Waals surface area contributed by atoms with Gasteiger partial charge in [0.1, 0.15) is 23.4 Å². The zero-order valence-electron chi connectivity index (χ0n) is 26.1. The highest BCUT2D eigenvalue weighted by Crippen LogP contribution is 2.37. The average molecular weight is 624 g/mol. The molecule has 3 aromatic carbocycles. The first kappa shape index (κ1) is 31.2. The number of fused-ring (bicyclic) bond motifs is 2. The van der Waals surface area contributed by atoms with Crippen LogP contribution >= 0.6 is 0 Å². The van der Waals surface area contributed by atoms with Crippen LogP contribution in [-0.2, 0) is 6.54 Å². The Morgan fingerprint density at radius 3 is 2.60 bits per heavy atom. The van der Waals surface area contributed by atoms with Crippen LogP contribution in [0.1, 0.15) is 39.0 Å². The summed E-state index contributed by atoms with van der Waals surface area (Å²) in [6.07, 6.45) is 4.95. The number of aliphatic hydroxyl groups excluding tert-OH is 1. The largest absolute Gasteiger partial charge is 0.435 e. The Kier molecular flexibility index (Phi) is 8.84. The van der Waals surface area contributed by atoms with E-state index in [0.717, 1.165) is 69.5 Å². The number of oxazole rings is 1. The summed E-state index contributed by atoms with van der Waals surface area (Å²) in [4.78, 5) is 27.7. The molecule has 1 aliphatic heterocycles. The quantitative estimate of drug-likeness (QED) is 0.126. The zero-order valence-corrected chi connectivity index (χ0v) is 26.1. The van der Waals surface area contributed by atoms with Crippen LogP contribution in [0.2, 0.25) is 0 Å². The van der Waals surface area contributed by atoms with Crippen molar-refractivity contribution in [3.63, 3.8) is 0 Å². The molecule has 10 heteroatoms. The Bertz CT molecular complexity index is 2170. The molecule has 3 N–H and O–H groups in total. The molecule has 0 bridgehead atoms. The van der Waals surface area contributed by atoms with E-state index in [-0.39, 0.29) is 11.7 Å². The van der Waals surface area contributed by atoms with Gasteiger partial charge < -0.3 is 20.2 Å². The monoisotopic (exact) mass is 623 g/mol. The number of hydrogen-bond acceptors (Lipinski definition) is 10. The van der Waals surface area contributed by atoms with E-state index in [1.165, 1.54) is 6.07 Å². The Labute approximate surface area is 271 Å². The Balaban J connectivity index is 0.00000190. The second-order valence-electron chi connectivity index (χ2n) is 11.5. The minimum absolute atomic E-state index is 0.249. The third kappa shape index (κ3) is 6.10. The van der Waals surface area contributed by atoms with E-state index < -0.39 is 0 Å². The lowest BCUT2D eigenvalue weighted by molar-refractivity contribution is 0.112. The molecule has 3 aromatic heterocycles. The number of aromatic nitrogens is 3. The third-order valence-electron chi connectivity index (χ3n) is 8.52. The van der Waals surface area contributed by atoms with E-state index >= 15 is 0 Å². The van der Waals surface area contributed by atoms with Gasteiger partial charge in [0.05, 0.1) is 11.7 Å². The van der Waals surface area contributed by atoms with Crippen LogP contribution in [0.4, 0.5) is 11.5 Å². The Morgan fingerprint density at radius 2 is 1.85 bits per heavy atom. The van der Waals surface area contributed by atoms with Crippen molar-refractivity contribution in [3.8, 4) is 28.7 Å². The second-order valence-corrected chi connectivity index (χ2v) is 11.5. The van der Waals surface area contributed by atoms with Gasteiger partial charge in [-0.05, 0) is 91.2 Å². The van der Waals surface area contributed by atoms with Crippen LogP contribution in [0.25, 0.3) is 44.6 Å². The highest BCUT2D eigenvalue weighted by Gasteiger charge is 2.21. The third-order valence-corrected chi connectivity index (χ3v) is 8.52. The summed E-state index contributed by atoms with van der Waals surface area (Å²) in [7, 11) is 0. The molecule has 0 amide bonds. The molecule has 1 fully saturated rings. The highest BCUT2D eigenvalue weighted by molar-refractivity contribution is 5.92. The molecule has 10 nitrogen and oxygen atoms in total. The predicted molar refractivity (Wildman–Crippen MR) is 183 cm³/mol. The van der Waals surface area contributed by atoms with E-state index in [9.17, 15) is 15.2 Å². The smallest absolute Gasteiger partial charge is 0.227 e. The normalized spacial score (nSPS) is 14.5. The van der Waals surface area contributed by atoms with Crippen molar-refractivity contribution < 1.29 is 14.3 Å². The molecule has 4 heterocycles. The van der Waals surface area contributed by atoms with Gasteiger partial charge in [0, 0.05) is 54.2 Å². The molecule has 0 saturated carbocycles. The van der Waals surface area contributed by atoms with E-state index in [2.05, 4.69) is 58.1 Å². The Morgan fingerprint density at radius 1 is 1.09 bits per heavy atom. The molecule has 1 aliphatic rings. The number of β-amino-alcohol motifs (C(OH)–C–C–N with tert-alkyl or cyclic N) is 1. The maximum Gasteiger partial charge on any atom is 0.227 e. The van der Waals surface area contributed by atoms with Crippen molar-refractivity contribution in [2.24, 2.45) is 0 Å². The maximum atomic E-state index is 11.4. The summed E-state index contributed by atoms with van der Waals surface area (Å²) in [6.45, 7) is 8.94. The molecule has 1 atom stereocenters. The number of likely N-dealkylation sites (tertiary alicyclic amines) is 1. The van der Waals surface area contributed by atoms with Gasteiger partial charge >= 0.3 is 0 Å². The molecule has 7 rings (SSSR count). The van der Waals surface area contributed by atoms with Crippen molar-refractivity contribution in [2.75, 3.05) is 18.4 Å². The van der Waals surface area contributed by atoms with Gasteiger partial charge in [0.2, 0.25) is 5.89 Å². The number of rotatable bonds is 7. The fourth-order valence-electron chi connectivity index (χ4n) is 6.17. The van der Waals surface area contributed by atoms with Crippen LogP contribution < -0.4 is 5.32 Å². The number of anilines is 2. The first-order valence-electron chi connectivity index (χ1n) is 15.2. The van der Waals surface area contributed by atoms with Gasteiger partial charge in [-0.25, -0.2) is 9.97 Å². The fraction of sp³-hybridized carbons (Fsp3) is 0.189. The molecule has 1 saturated heterocycles. The molecular formula is C37H33N7O3. The summed E-state index contributed by atoms with van der Waals surface area (Å²) >= 11 is 0. The van der Waals surface area contributed by atoms with Crippen LogP contribution in [-0.4, -0.2) is 57.2 Å². The van der Waals surface area contributed by atoms with Gasteiger partial charge in [0.15, 0.2) is 11.4 Å². The lowest BCUT2D eigenvalue weighted by Gasteiger charge is -2.17. The number of nitriles is 1. The number of benzene rings is 3. The van der Waals surface area contributed by atoms with Crippen molar-refractivity contribution in [3.05, 3.63) is 101 Å². The first-order chi connectivity index (χ1) is 22.9. The first-order valence-corrected chi connectivity index (χ1v) is 15.2. The molecular weight excluding hydrogens is 590 g/mol. The minimum atomic E-state index is -0.249. The lowest BCUT2D eigenvalue weighted by Crippen LogP contribution is -2.21. The van der Waals surface area contributed by atoms with Crippen LogP contribution in [0.15, 0.2) is 77.5 Å². The fourth-order valence-corrected chi connectivity index (χ4v) is 6.17. The van der Waals surface area contributed by atoms with E-state index in [0.29, 0.717) is 41.2 Å². The summed E-state index contributed by atoms with van der Waals surface area (Å²) in [6, 6.07) is 21.5. The second kappa shape index (κ2) is 13.3. The number of carbonyl (C=O) groups excluding carboxylic acids is 1. The Hall–Kier alpha value is -5.76. The molecule has 0 radical (unpaired) electrons. The number of carbonyl (C=O) groups is 1. The summed E-state index contributed by atoms with van der Waals surface area (Å²) in [5, 5.41) is 29.5. The van der Waals surface area contributed by atoms with Crippen molar-refractivity contribution in [1.82, 2.24) is 19.9 Å². The van der Waals surface area contributed by atoms with Crippen LogP contribution in [0.5, 0.6) is 0 Å². The number of hydrogen-bond donors (Lipinski definition) is 3. The van der Waals surface area contributed by atoms with Gasteiger partial charge in [0.25, 0.3) is 0 Å². The number of nitrogens with zero attached hydrogens (tertiary/aromatic N) is 5. The van der Waals surface area contributed by atoms with Crippen LogP contribution in [0, 0.1) is 30.6 Å². The summed E-state index contributed by atoms with van der Waals surface area (Å²) in [5.41, 5.74) is 9.17. The lowest BCUT2D eigenvalue weighted by atomic mass is 9.93. The minimum Gasteiger partial charge on any atom is -0.435 e. The van der Waals surface area contributed by atoms with E-state index in [1.807, 2.05) is 43.5 Å². The maximum absolute atomic E-state index is 11.4. The van der Waals surface area contributed by atoms with Gasteiger partial charge in [-0.1, -0.05) is 24.3 Å². The number of aliphatic hydroxyl groups is 1. The van der Waals surface area contributed by atoms with Crippen LogP contribution in [0.3, 0.4) is 0 Å². The highest BCUT2D eigenvalue weighted by atomic mass is 16.3. The zero-order chi connectivity index (χ0) is 33.1. The molecule has 0 spiro atoms. The summed E-state index contributed by atoms with van der Waals surface area (Å²) < 4.78 is 6.08. The van der Waals surface area contributed by atoms with Crippen molar-refractivity contribution in [1.29, 1.82) is 10.7 Å². The molecule has 234 valence electrons. The molecule has 0 aliphatic carbocycles. The average Bonchev–Trinajstić information content (AvgIpc) is 3.72. The number of nitrogens with one attached hydrogen (secondary N) is 2. The molecule has 0 unspecified atom stereocenters.